The summed E-state index contributed by atoms with van der Waals surface area (Å²) in [7, 11) is 1.45. The SMILES string of the molecule is COc1cc(-c2cc(O)c(-c3ncc(N(C4CC4)C4CCCC4F)nn3)cc2F)ncn1. The highest BCUT2D eigenvalue weighted by Gasteiger charge is 2.41. The highest BCUT2D eigenvalue weighted by Crippen LogP contribution is 2.39. The summed E-state index contributed by atoms with van der Waals surface area (Å²) < 4.78 is 34.3. The van der Waals surface area contributed by atoms with Crippen molar-refractivity contribution in [3.63, 3.8) is 0 Å². The van der Waals surface area contributed by atoms with E-state index in [1.54, 1.807) is 0 Å². The Morgan fingerprint density at radius 3 is 2.53 bits per heavy atom. The molecule has 0 amide bonds. The van der Waals surface area contributed by atoms with Gasteiger partial charge in [0.25, 0.3) is 0 Å². The van der Waals surface area contributed by atoms with Gasteiger partial charge in [-0.2, -0.15) is 0 Å². The predicted octanol–water partition coefficient (Wildman–Crippen LogP) is 3.71. The van der Waals surface area contributed by atoms with E-state index in [2.05, 4.69) is 25.1 Å². The van der Waals surface area contributed by atoms with Gasteiger partial charge in [-0.25, -0.2) is 23.7 Å². The number of anilines is 1. The van der Waals surface area contributed by atoms with Crippen LogP contribution in [0.5, 0.6) is 11.6 Å². The second-order valence-electron chi connectivity index (χ2n) is 8.09. The van der Waals surface area contributed by atoms with Crippen molar-refractivity contribution in [1.29, 1.82) is 0 Å². The third-order valence-corrected chi connectivity index (χ3v) is 5.96. The van der Waals surface area contributed by atoms with E-state index in [0.29, 0.717) is 12.2 Å². The molecule has 2 heterocycles. The minimum absolute atomic E-state index is 0.0796. The summed E-state index contributed by atoms with van der Waals surface area (Å²) >= 11 is 0. The van der Waals surface area contributed by atoms with Gasteiger partial charge in [0.15, 0.2) is 11.6 Å². The van der Waals surface area contributed by atoms with E-state index >= 15 is 0 Å². The van der Waals surface area contributed by atoms with Gasteiger partial charge in [-0.1, -0.05) is 0 Å². The van der Waals surface area contributed by atoms with Crippen molar-refractivity contribution >= 4 is 5.82 Å². The van der Waals surface area contributed by atoms with Crippen LogP contribution in [0.4, 0.5) is 14.6 Å². The number of rotatable bonds is 6. The Morgan fingerprint density at radius 2 is 1.88 bits per heavy atom. The zero-order valence-electron chi connectivity index (χ0n) is 17.4. The molecule has 166 valence electrons. The lowest BCUT2D eigenvalue weighted by Gasteiger charge is -2.30. The first kappa shape index (κ1) is 20.5. The fourth-order valence-corrected chi connectivity index (χ4v) is 4.24. The third kappa shape index (κ3) is 3.80. The molecule has 8 nitrogen and oxygen atoms in total. The molecular formula is C22H22F2N6O2. The highest BCUT2D eigenvalue weighted by atomic mass is 19.1. The van der Waals surface area contributed by atoms with Crippen LogP contribution in [-0.4, -0.2) is 55.6 Å². The Morgan fingerprint density at radius 1 is 1.03 bits per heavy atom. The molecule has 2 aliphatic rings. The van der Waals surface area contributed by atoms with E-state index in [1.807, 2.05) is 4.90 Å². The molecule has 2 unspecified atom stereocenters. The minimum Gasteiger partial charge on any atom is -0.507 e. The Hall–Kier alpha value is -3.43. The molecule has 0 saturated heterocycles. The molecule has 32 heavy (non-hydrogen) atoms. The fourth-order valence-electron chi connectivity index (χ4n) is 4.24. The molecule has 0 radical (unpaired) electrons. The number of nitrogens with zero attached hydrogens (tertiary/aromatic N) is 6. The van der Waals surface area contributed by atoms with Crippen LogP contribution in [-0.2, 0) is 0 Å². The largest absolute Gasteiger partial charge is 0.507 e. The number of benzene rings is 1. The molecule has 2 saturated carbocycles. The number of phenols is 1. The quantitative estimate of drug-likeness (QED) is 0.620. The summed E-state index contributed by atoms with van der Waals surface area (Å²) in [5.74, 6) is 0.0368. The van der Waals surface area contributed by atoms with E-state index < -0.39 is 12.0 Å². The fraction of sp³-hybridized carbons (Fsp3) is 0.409. The molecule has 0 bridgehead atoms. The first-order valence-electron chi connectivity index (χ1n) is 10.6. The Kier molecular flexibility index (Phi) is 5.28. The van der Waals surface area contributed by atoms with Crippen molar-refractivity contribution in [3.05, 3.63) is 36.5 Å². The van der Waals surface area contributed by atoms with E-state index in [-0.39, 0.29) is 46.4 Å². The van der Waals surface area contributed by atoms with Crippen LogP contribution in [0.15, 0.2) is 30.7 Å². The minimum atomic E-state index is -0.886. The maximum Gasteiger partial charge on any atom is 0.216 e. The van der Waals surface area contributed by atoms with Crippen molar-refractivity contribution in [2.24, 2.45) is 0 Å². The number of phenolic OH excluding ortho intramolecular Hbond substituents is 1. The number of hydrogen-bond acceptors (Lipinski definition) is 8. The molecule has 0 aliphatic heterocycles. The first-order chi connectivity index (χ1) is 15.5. The summed E-state index contributed by atoms with van der Waals surface area (Å²) in [6.45, 7) is 0. The molecule has 2 atom stereocenters. The van der Waals surface area contributed by atoms with Gasteiger partial charge >= 0.3 is 0 Å². The zero-order chi connectivity index (χ0) is 22.2. The molecule has 10 heteroatoms. The van der Waals surface area contributed by atoms with Crippen LogP contribution < -0.4 is 9.64 Å². The monoisotopic (exact) mass is 440 g/mol. The Balaban J connectivity index is 1.44. The summed E-state index contributed by atoms with van der Waals surface area (Å²) in [6, 6.07) is 3.92. The molecular weight excluding hydrogens is 418 g/mol. The van der Waals surface area contributed by atoms with Crippen LogP contribution in [0.1, 0.15) is 32.1 Å². The lowest BCUT2D eigenvalue weighted by molar-refractivity contribution is 0.299. The van der Waals surface area contributed by atoms with Gasteiger partial charge in [-0.3, -0.25) is 0 Å². The first-order valence-corrected chi connectivity index (χ1v) is 10.6. The lowest BCUT2D eigenvalue weighted by atomic mass is 10.1. The molecule has 3 aromatic rings. The molecule has 2 fully saturated rings. The van der Waals surface area contributed by atoms with Crippen LogP contribution in [0, 0.1) is 5.82 Å². The average Bonchev–Trinajstić information content (AvgIpc) is 3.56. The van der Waals surface area contributed by atoms with Crippen LogP contribution in [0.2, 0.25) is 0 Å². The van der Waals surface area contributed by atoms with Crippen molar-refractivity contribution in [3.8, 4) is 34.3 Å². The second kappa shape index (κ2) is 8.25. The predicted molar refractivity (Wildman–Crippen MR) is 112 cm³/mol. The van der Waals surface area contributed by atoms with Crippen LogP contribution in [0.3, 0.4) is 0 Å². The van der Waals surface area contributed by atoms with Crippen LogP contribution >= 0.6 is 0 Å². The number of aromatic hydroxyl groups is 1. The van der Waals surface area contributed by atoms with E-state index in [0.717, 1.165) is 31.7 Å². The zero-order valence-corrected chi connectivity index (χ0v) is 17.4. The molecule has 5 rings (SSSR count). The standard InChI is InChI=1S/C22H22F2N6O2/c1-32-21-9-17(26-11-27-21)13-8-19(31)14(7-16(13)24)22-25-10-20(28-29-22)30(12-5-6-12)18-4-2-3-15(18)23/h7-12,15,18,31H,2-6H2,1H3. The number of methoxy groups -OCH3 is 1. The maximum absolute atomic E-state index is 14.9. The number of halogens is 2. The maximum atomic E-state index is 14.9. The summed E-state index contributed by atoms with van der Waals surface area (Å²) in [5.41, 5.74) is 0.461. The lowest BCUT2D eigenvalue weighted by Crippen LogP contribution is -2.41. The van der Waals surface area contributed by atoms with Gasteiger partial charge in [-0.15, -0.1) is 10.2 Å². The van der Waals surface area contributed by atoms with Crippen LogP contribution in [0.25, 0.3) is 22.6 Å². The number of aromatic nitrogens is 5. The average molecular weight is 440 g/mol. The number of ether oxygens (including phenoxy) is 1. The van der Waals surface area contributed by atoms with Crippen molar-refractivity contribution in [2.45, 2.75) is 50.4 Å². The van der Waals surface area contributed by atoms with Gasteiger partial charge in [0.1, 0.15) is 24.1 Å². The van der Waals surface area contributed by atoms with Gasteiger partial charge in [0.05, 0.1) is 30.6 Å². The second-order valence-corrected chi connectivity index (χ2v) is 8.09. The number of alkyl halides is 1. The Labute approximate surface area is 183 Å². The summed E-state index contributed by atoms with van der Waals surface area (Å²) in [4.78, 5) is 14.2. The smallest absolute Gasteiger partial charge is 0.216 e. The van der Waals surface area contributed by atoms with Crippen molar-refractivity contribution in [1.82, 2.24) is 25.1 Å². The molecule has 2 aromatic heterocycles. The van der Waals surface area contributed by atoms with Gasteiger partial charge in [-0.05, 0) is 44.2 Å². The van der Waals surface area contributed by atoms with Gasteiger partial charge in [0.2, 0.25) is 5.88 Å². The van der Waals surface area contributed by atoms with Gasteiger partial charge < -0.3 is 14.7 Å². The van der Waals surface area contributed by atoms with Crippen molar-refractivity contribution in [2.75, 3.05) is 12.0 Å². The van der Waals surface area contributed by atoms with E-state index in [1.165, 1.54) is 31.8 Å². The summed E-state index contributed by atoms with van der Waals surface area (Å²) in [5, 5.41) is 18.9. The molecule has 2 aliphatic carbocycles. The summed E-state index contributed by atoms with van der Waals surface area (Å²) in [6.07, 6.45) is 6.07. The molecule has 1 aromatic carbocycles. The molecule has 0 spiro atoms. The Bertz CT molecular complexity index is 1130. The topological polar surface area (TPSA) is 97.2 Å². The van der Waals surface area contributed by atoms with Crippen molar-refractivity contribution < 1.29 is 18.6 Å². The normalized spacial score (nSPS) is 20.3. The van der Waals surface area contributed by atoms with E-state index in [4.69, 9.17) is 4.74 Å². The number of hydrogen-bond donors (Lipinski definition) is 1. The van der Waals surface area contributed by atoms with Gasteiger partial charge in [0, 0.05) is 17.7 Å². The highest BCUT2D eigenvalue weighted by molar-refractivity contribution is 5.72. The van der Waals surface area contributed by atoms with E-state index in [9.17, 15) is 13.9 Å². The molecule has 1 N–H and O–H groups in total. The third-order valence-electron chi connectivity index (χ3n) is 5.96.